The maximum absolute atomic E-state index is 12.6. The smallest absolute Gasteiger partial charge is 0.325 e. The predicted molar refractivity (Wildman–Crippen MR) is 90.1 cm³/mol. The summed E-state index contributed by atoms with van der Waals surface area (Å²) in [6, 6.07) is 7.24. The molecule has 3 rings (SSSR count). The van der Waals surface area contributed by atoms with Gasteiger partial charge in [-0.3, -0.25) is 19.4 Å². The van der Waals surface area contributed by atoms with Gasteiger partial charge in [-0.15, -0.1) is 0 Å². The fourth-order valence-corrected chi connectivity index (χ4v) is 3.23. The molecule has 1 atom stereocenters. The molecule has 2 aliphatic heterocycles. The molecule has 1 aromatic carbocycles. The number of likely N-dealkylation sites (N-methyl/N-ethyl adjacent to an activating group) is 1. The van der Waals surface area contributed by atoms with Crippen LogP contribution in [0.3, 0.4) is 0 Å². The van der Waals surface area contributed by atoms with Crippen LogP contribution in [0.25, 0.3) is 0 Å². The summed E-state index contributed by atoms with van der Waals surface area (Å²) in [6.45, 7) is 1.49. The first kappa shape index (κ1) is 17.2. The van der Waals surface area contributed by atoms with Gasteiger partial charge < -0.3 is 15.0 Å². The van der Waals surface area contributed by atoms with Gasteiger partial charge in [0.15, 0.2) is 0 Å². The Morgan fingerprint density at radius 3 is 2.72 bits per heavy atom. The van der Waals surface area contributed by atoms with Crippen molar-refractivity contribution in [1.82, 2.24) is 20.0 Å². The number of hydrogen-bond acceptors (Lipinski definition) is 5. The Morgan fingerprint density at radius 2 is 2.04 bits per heavy atom. The van der Waals surface area contributed by atoms with Crippen molar-refractivity contribution in [1.29, 1.82) is 0 Å². The number of piperazine rings is 1. The third kappa shape index (κ3) is 3.43. The van der Waals surface area contributed by atoms with E-state index in [0.29, 0.717) is 19.6 Å². The number of nitrogens with zero attached hydrogens (tertiary/aromatic N) is 3. The molecule has 0 unspecified atom stereocenters. The van der Waals surface area contributed by atoms with Crippen molar-refractivity contribution in [3.8, 4) is 5.75 Å². The first-order valence-corrected chi connectivity index (χ1v) is 8.20. The average Bonchev–Trinajstić information content (AvgIpc) is 2.94. The van der Waals surface area contributed by atoms with Crippen LogP contribution in [0.5, 0.6) is 5.75 Å². The zero-order chi connectivity index (χ0) is 18.0. The highest BCUT2D eigenvalue weighted by Crippen LogP contribution is 2.31. The number of carbonyl (C=O) groups excluding carboxylic acids is 3. The fraction of sp³-hybridized carbons (Fsp3) is 0.471. The molecule has 2 fully saturated rings. The largest absolute Gasteiger partial charge is 0.496 e. The van der Waals surface area contributed by atoms with Crippen LogP contribution in [0.15, 0.2) is 24.3 Å². The van der Waals surface area contributed by atoms with Gasteiger partial charge in [-0.2, -0.15) is 0 Å². The number of imide groups is 1. The SMILES string of the molecule is COc1ccccc1[C@@H]1CN(C(=O)CN2C(=O)CNC2=O)CCN1C. The third-order valence-electron chi connectivity index (χ3n) is 4.73. The van der Waals surface area contributed by atoms with Crippen LogP contribution in [0.4, 0.5) is 4.79 Å². The molecule has 0 bridgehead atoms. The quantitative estimate of drug-likeness (QED) is 0.780. The molecule has 2 heterocycles. The molecule has 0 aliphatic carbocycles. The summed E-state index contributed by atoms with van der Waals surface area (Å²) in [5.41, 5.74) is 1.01. The normalized spacial score (nSPS) is 21.4. The Labute approximate surface area is 146 Å². The molecule has 1 aromatic rings. The monoisotopic (exact) mass is 346 g/mol. The topological polar surface area (TPSA) is 82.2 Å². The van der Waals surface area contributed by atoms with E-state index in [9.17, 15) is 14.4 Å². The summed E-state index contributed by atoms with van der Waals surface area (Å²) in [7, 11) is 3.64. The zero-order valence-electron chi connectivity index (χ0n) is 14.4. The Balaban J connectivity index is 1.73. The van der Waals surface area contributed by atoms with Gasteiger partial charge in [0.25, 0.3) is 5.91 Å². The molecule has 0 saturated carbocycles. The number of rotatable bonds is 4. The van der Waals surface area contributed by atoms with Crippen LogP contribution in [0, 0.1) is 0 Å². The van der Waals surface area contributed by atoms with Gasteiger partial charge in [0, 0.05) is 25.2 Å². The predicted octanol–water partition coefficient (Wildman–Crippen LogP) is 0.0621. The van der Waals surface area contributed by atoms with E-state index in [2.05, 4.69) is 10.2 Å². The second-order valence-corrected chi connectivity index (χ2v) is 6.22. The van der Waals surface area contributed by atoms with Crippen molar-refractivity contribution in [3.05, 3.63) is 29.8 Å². The molecule has 8 nitrogen and oxygen atoms in total. The minimum Gasteiger partial charge on any atom is -0.496 e. The van der Waals surface area contributed by atoms with Gasteiger partial charge in [-0.25, -0.2) is 4.79 Å². The molecule has 4 amide bonds. The molecule has 134 valence electrons. The summed E-state index contributed by atoms with van der Waals surface area (Å²) < 4.78 is 5.44. The number of para-hydroxylation sites is 1. The van der Waals surface area contributed by atoms with Crippen LogP contribution in [0.2, 0.25) is 0 Å². The summed E-state index contributed by atoms with van der Waals surface area (Å²) >= 11 is 0. The van der Waals surface area contributed by atoms with Crippen LogP contribution >= 0.6 is 0 Å². The minimum atomic E-state index is -0.506. The van der Waals surface area contributed by atoms with E-state index in [1.54, 1.807) is 12.0 Å². The van der Waals surface area contributed by atoms with Crippen molar-refractivity contribution in [2.45, 2.75) is 6.04 Å². The number of ether oxygens (including phenoxy) is 1. The first-order valence-electron chi connectivity index (χ1n) is 8.20. The van der Waals surface area contributed by atoms with E-state index in [4.69, 9.17) is 4.74 Å². The molecule has 2 aliphatic rings. The summed E-state index contributed by atoms with van der Waals surface area (Å²) in [5.74, 6) is 0.190. The van der Waals surface area contributed by atoms with Gasteiger partial charge in [0.05, 0.1) is 19.7 Å². The number of hydrogen-bond donors (Lipinski definition) is 1. The number of benzene rings is 1. The molecular formula is C17H22N4O4. The Hall–Kier alpha value is -2.61. The maximum atomic E-state index is 12.6. The van der Waals surface area contributed by atoms with Crippen molar-refractivity contribution < 1.29 is 19.1 Å². The molecule has 25 heavy (non-hydrogen) atoms. The van der Waals surface area contributed by atoms with E-state index in [-0.39, 0.29) is 30.9 Å². The molecule has 2 saturated heterocycles. The lowest BCUT2D eigenvalue weighted by atomic mass is 10.0. The zero-order valence-corrected chi connectivity index (χ0v) is 14.4. The number of methoxy groups -OCH3 is 1. The lowest BCUT2D eigenvalue weighted by Crippen LogP contribution is -2.52. The van der Waals surface area contributed by atoms with Crippen molar-refractivity contribution >= 4 is 17.8 Å². The second-order valence-electron chi connectivity index (χ2n) is 6.22. The molecule has 8 heteroatoms. The van der Waals surface area contributed by atoms with Crippen molar-refractivity contribution in [3.63, 3.8) is 0 Å². The average molecular weight is 346 g/mol. The number of amides is 4. The Bertz CT molecular complexity index is 677. The van der Waals surface area contributed by atoms with Crippen molar-refractivity contribution in [2.24, 2.45) is 0 Å². The van der Waals surface area contributed by atoms with Gasteiger partial charge in [0.2, 0.25) is 5.91 Å². The highest BCUT2D eigenvalue weighted by Gasteiger charge is 2.34. The van der Waals surface area contributed by atoms with E-state index in [1.165, 1.54) is 0 Å². The fourth-order valence-electron chi connectivity index (χ4n) is 3.23. The first-order chi connectivity index (χ1) is 12.0. The second kappa shape index (κ2) is 7.10. The van der Waals surface area contributed by atoms with E-state index < -0.39 is 6.03 Å². The van der Waals surface area contributed by atoms with E-state index in [0.717, 1.165) is 16.2 Å². The van der Waals surface area contributed by atoms with Gasteiger partial charge in [0.1, 0.15) is 12.3 Å². The number of urea groups is 1. The van der Waals surface area contributed by atoms with Gasteiger partial charge in [-0.05, 0) is 13.1 Å². The Morgan fingerprint density at radius 1 is 1.28 bits per heavy atom. The standard InChI is InChI=1S/C17H22N4O4/c1-19-7-8-20(16(23)11-21-15(22)9-18-17(21)24)10-13(19)12-5-3-4-6-14(12)25-2/h3-6,13H,7-11H2,1-2H3,(H,18,24)/t13-/m0/s1. The molecule has 1 N–H and O–H groups in total. The summed E-state index contributed by atoms with van der Waals surface area (Å²) in [4.78, 5) is 40.7. The van der Waals surface area contributed by atoms with Crippen LogP contribution in [-0.2, 0) is 9.59 Å². The van der Waals surface area contributed by atoms with Gasteiger partial charge in [-0.1, -0.05) is 18.2 Å². The molecule has 0 spiro atoms. The van der Waals surface area contributed by atoms with Crippen LogP contribution in [-0.4, -0.2) is 79.4 Å². The highest BCUT2D eigenvalue weighted by atomic mass is 16.5. The van der Waals surface area contributed by atoms with Gasteiger partial charge >= 0.3 is 6.03 Å². The molecular weight excluding hydrogens is 324 g/mol. The molecule has 0 radical (unpaired) electrons. The van der Waals surface area contributed by atoms with Crippen LogP contribution < -0.4 is 10.1 Å². The molecule has 0 aromatic heterocycles. The third-order valence-corrected chi connectivity index (χ3v) is 4.73. The van der Waals surface area contributed by atoms with Crippen LogP contribution in [0.1, 0.15) is 11.6 Å². The highest BCUT2D eigenvalue weighted by molar-refractivity contribution is 6.04. The Kier molecular flexibility index (Phi) is 4.89. The number of carbonyl (C=O) groups is 3. The summed E-state index contributed by atoms with van der Waals surface area (Å²) in [6.07, 6.45) is 0. The minimum absolute atomic E-state index is 0.00282. The van der Waals surface area contributed by atoms with Crippen molar-refractivity contribution in [2.75, 3.05) is 46.9 Å². The lowest BCUT2D eigenvalue weighted by molar-refractivity contribution is -0.138. The van der Waals surface area contributed by atoms with E-state index >= 15 is 0 Å². The van der Waals surface area contributed by atoms with E-state index in [1.807, 2.05) is 31.3 Å². The number of nitrogens with one attached hydrogen (secondary N) is 1. The summed E-state index contributed by atoms with van der Waals surface area (Å²) in [5, 5.41) is 2.43. The maximum Gasteiger partial charge on any atom is 0.325 e. The lowest BCUT2D eigenvalue weighted by Gasteiger charge is -2.40.